The van der Waals surface area contributed by atoms with Gasteiger partial charge in [0, 0.05) is 13.3 Å². The first-order valence-electron chi connectivity index (χ1n) is 5.49. The summed E-state index contributed by atoms with van der Waals surface area (Å²) in [6.07, 6.45) is 1.34. The summed E-state index contributed by atoms with van der Waals surface area (Å²) in [7, 11) is 1.65. The summed E-state index contributed by atoms with van der Waals surface area (Å²) in [5.74, 6) is 0.0861. The molecule has 0 amide bonds. The quantitative estimate of drug-likeness (QED) is 0.791. The van der Waals surface area contributed by atoms with Crippen LogP contribution in [-0.2, 0) is 4.74 Å². The predicted molar refractivity (Wildman–Crippen MR) is 65.3 cm³/mol. The van der Waals surface area contributed by atoms with E-state index in [0.717, 1.165) is 0 Å². The van der Waals surface area contributed by atoms with Crippen LogP contribution in [-0.4, -0.2) is 35.8 Å². The van der Waals surface area contributed by atoms with Crippen molar-refractivity contribution in [3.8, 4) is 0 Å². The first-order valence-corrected chi connectivity index (χ1v) is 5.49. The van der Waals surface area contributed by atoms with Crippen molar-refractivity contribution in [3.05, 3.63) is 23.9 Å². The number of methoxy groups -OCH3 is 1. The van der Waals surface area contributed by atoms with Gasteiger partial charge in [0.25, 0.3) is 0 Å². The van der Waals surface area contributed by atoms with Crippen LogP contribution in [0.15, 0.2) is 18.3 Å². The van der Waals surface area contributed by atoms with Gasteiger partial charge in [-0.2, -0.15) is 0 Å². The molecule has 0 aliphatic rings. The van der Waals surface area contributed by atoms with Gasteiger partial charge in [0.15, 0.2) is 0 Å². The topological polar surface area (TPSA) is 71.5 Å². The second-order valence-corrected chi connectivity index (χ2v) is 4.19. The van der Waals surface area contributed by atoms with Gasteiger partial charge < -0.3 is 15.2 Å². The summed E-state index contributed by atoms with van der Waals surface area (Å²) in [5.41, 5.74) is 0.184. The maximum Gasteiger partial charge on any atom is 0.337 e. The van der Waals surface area contributed by atoms with Gasteiger partial charge in [-0.15, -0.1) is 0 Å². The highest BCUT2D eigenvalue weighted by Gasteiger charge is 2.13. The number of aromatic nitrogens is 1. The molecule has 0 aliphatic carbocycles. The molecule has 0 saturated carbocycles. The number of hydrogen-bond acceptors (Lipinski definition) is 4. The second-order valence-electron chi connectivity index (χ2n) is 4.19. The molecule has 1 unspecified atom stereocenters. The van der Waals surface area contributed by atoms with Gasteiger partial charge in [-0.1, -0.05) is 13.8 Å². The van der Waals surface area contributed by atoms with Gasteiger partial charge in [0.2, 0.25) is 0 Å². The smallest absolute Gasteiger partial charge is 0.337 e. The van der Waals surface area contributed by atoms with Crippen molar-refractivity contribution in [2.24, 2.45) is 5.92 Å². The Morgan fingerprint density at radius 3 is 2.65 bits per heavy atom. The summed E-state index contributed by atoms with van der Waals surface area (Å²) in [6.45, 7) is 4.75. The molecule has 1 aromatic heterocycles. The summed E-state index contributed by atoms with van der Waals surface area (Å²) in [5, 5.41) is 12.0. The molecule has 1 atom stereocenters. The Kier molecular flexibility index (Phi) is 4.90. The molecule has 0 saturated heterocycles. The lowest BCUT2D eigenvalue weighted by atomic mass is 10.1. The lowest BCUT2D eigenvalue weighted by Crippen LogP contribution is -2.30. The highest BCUT2D eigenvalue weighted by atomic mass is 16.5. The van der Waals surface area contributed by atoms with E-state index in [0.29, 0.717) is 18.3 Å². The zero-order valence-corrected chi connectivity index (χ0v) is 10.3. The molecule has 94 valence electrons. The van der Waals surface area contributed by atoms with E-state index < -0.39 is 5.97 Å². The monoisotopic (exact) mass is 238 g/mol. The van der Waals surface area contributed by atoms with Crippen molar-refractivity contribution >= 4 is 11.8 Å². The van der Waals surface area contributed by atoms with Crippen molar-refractivity contribution in [2.75, 3.05) is 19.0 Å². The number of rotatable bonds is 6. The van der Waals surface area contributed by atoms with Crippen LogP contribution in [0.4, 0.5) is 5.82 Å². The SMILES string of the molecule is COCC(Nc1ccc(C(=O)O)cn1)C(C)C. The average Bonchev–Trinajstić information content (AvgIpc) is 2.29. The van der Waals surface area contributed by atoms with Crippen molar-refractivity contribution < 1.29 is 14.6 Å². The Morgan fingerprint density at radius 2 is 2.24 bits per heavy atom. The van der Waals surface area contributed by atoms with Crippen LogP contribution in [0.2, 0.25) is 0 Å². The van der Waals surface area contributed by atoms with Crippen molar-refractivity contribution in [1.82, 2.24) is 4.98 Å². The highest BCUT2D eigenvalue weighted by Crippen LogP contribution is 2.11. The number of hydrogen-bond donors (Lipinski definition) is 2. The summed E-state index contributed by atoms with van der Waals surface area (Å²) in [6, 6.07) is 3.35. The van der Waals surface area contributed by atoms with Gasteiger partial charge in [-0.25, -0.2) is 9.78 Å². The molecule has 5 nitrogen and oxygen atoms in total. The molecule has 1 rings (SSSR count). The number of carbonyl (C=O) groups is 1. The van der Waals surface area contributed by atoms with E-state index >= 15 is 0 Å². The van der Waals surface area contributed by atoms with Crippen LogP contribution in [0.3, 0.4) is 0 Å². The summed E-state index contributed by atoms with van der Waals surface area (Å²) < 4.78 is 5.12. The highest BCUT2D eigenvalue weighted by molar-refractivity contribution is 5.87. The van der Waals surface area contributed by atoms with Crippen LogP contribution in [0.5, 0.6) is 0 Å². The van der Waals surface area contributed by atoms with Gasteiger partial charge in [0.1, 0.15) is 5.82 Å². The van der Waals surface area contributed by atoms with Gasteiger partial charge in [0.05, 0.1) is 18.2 Å². The Hall–Kier alpha value is -1.62. The van der Waals surface area contributed by atoms with Crippen molar-refractivity contribution in [1.29, 1.82) is 0 Å². The van der Waals surface area contributed by atoms with Crippen molar-refractivity contribution in [3.63, 3.8) is 0 Å². The van der Waals surface area contributed by atoms with Crippen molar-refractivity contribution in [2.45, 2.75) is 19.9 Å². The lowest BCUT2D eigenvalue weighted by Gasteiger charge is -2.22. The Balaban J connectivity index is 2.69. The molecule has 0 fully saturated rings. The van der Waals surface area contributed by atoms with E-state index in [-0.39, 0.29) is 11.6 Å². The molecule has 2 N–H and O–H groups in total. The third-order valence-electron chi connectivity index (χ3n) is 2.49. The molecule has 0 radical (unpaired) electrons. The number of carboxylic acid groups (broad SMARTS) is 1. The molecule has 0 aliphatic heterocycles. The normalized spacial score (nSPS) is 12.5. The first-order chi connectivity index (χ1) is 8.04. The number of aromatic carboxylic acids is 1. The lowest BCUT2D eigenvalue weighted by molar-refractivity contribution is 0.0696. The number of ether oxygens (including phenoxy) is 1. The van der Waals surface area contributed by atoms with Gasteiger partial charge in [-0.3, -0.25) is 0 Å². The van der Waals surface area contributed by atoms with Crippen LogP contribution >= 0.6 is 0 Å². The third kappa shape index (κ3) is 4.03. The van der Waals surface area contributed by atoms with E-state index in [1.54, 1.807) is 13.2 Å². The van der Waals surface area contributed by atoms with E-state index in [1.165, 1.54) is 12.3 Å². The van der Waals surface area contributed by atoms with E-state index in [1.807, 2.05) is 0 Å². The minimum Gasteiger partial charge on any atom is -0.478 e. The first kappa shape index (κ1) is 13.4. The summed E-state index contributed by atoms with van der Waals surface area (Å²) in [4.78, 5) is 14.7. The largest absolute Gasteiger partial charge is 0.478 e. The third-order valence-corrected chi connectivity index (χ3v) is 2.49. The number of nitrogens with one attached hydrogen (secondary N) is 1. The van der Waals surface area contributed by atoms with Crippen LogP contribution < -0.4 is 5.32 Å². The Morgan fingerprint density at radius 1 is 1.53 bits per heavy atom. The average molecular weight is 238 g/mol. The fourth-order valence-corrected chi connectivity index (χ4v) is 1.38. The molecule has 17 heavy (non-hydrogen) atoms. The van der Waals surface area contributed by atoms with Crippen LogP contribution in [0, 0.1) is 5.92 Å². The fourth-order valence-electron chi connectivity index (χ4n) is 1.38. The molecule has 0 bridgehead atoms. The Bertz CT molecular complexity index is 363. The fraction of sp³-hybridized carbons (Fsp3) is 0.500. The molecular weight excluding hydrogens is 220 g/mol. The molecule has 5 heteroatoms. The number of carboxylic acids is 1. The van der Waals surface area contributed by atoms with Gasteiger partial charge >= 0.3 is 5.97 Å². The maximum atomic E-state index is 10.7. The van der Waals surface area contributed by atoms with E-state index in [9.17, 15) is 4.79 Å². The van der Waals surface area contributed by atoms with Gasteiger partial charge in [-0.05, 0) is 18.1 Å². The van der Waals surface area contributed by atoms with Crippen LogP contribution in [0.1, 0.15) is 24.2 Å². The molecule has 1 aromatic rings. The molecule has 0 spiro atoms. The predicted octanol–water partition coefficient (Wildman–Crippen LogP) is 1.86. The summed E-state index contributed by atoms with van der Waals surface area (Å²) >= 11 is 0. The zero-order valence-electron chi connectivity index (χ0n) is 10.3. The number of anilines is 1. The minimum absolute atomic E-state index is 0.156. The minimum atomic E-state index is -0.971. The van der Waals surface area contributed by atoms with Crippen LogP contribution in [0.25, 0.3) is 0 Å². The molecular formula is C12H18N2O3. The standard InChI is InChI=1S/C12H18N2O3/c1-8(2)10(7-17-3)14-11-5-4-9(6-13-11)12(15)16/h4-6,8,10H,7H2,1-3H3,(H,13,14)(H,15,16). The Labute approximate surface area is 101 Å². The van der Waals surface area contributed by atoms with E-state index in [4.69, 9.17) is 9.84 Å². The molecule has 1 heterocycles. The molecule has 0 aromatic carbocycles. The number of pyridine rings is 1. The second kappa shape index (κ2) is 6.20. The van der Waals surface area contributed by atoms with E-state index in [2.05, 4.69) is 24.1 Å². The number of nitrogens with zero attached hydrogens (tertiary/aromatic N) is 1. The zero-order chi connectivity index (χ0) is 12.8. The maximum absolute atomic E-state index is 10.7.